The third kappa shape index (κ3) is 58.6. The van der Waals surface area contributed by atoms with Crippen molar-refractivity contribution >= 4 is 5.91 Å². The maximum absolute atomic E-state index is 12.5. The number of aliphatic hydroxyl groups excluding tert-OH is 2. The van der Waals surface area contributed by atoms with Crippen molar-refractivity contribution in [2.75, 3.05) is 6.61 Å². The number of hydrogen-bond donors (Lipinski definition) is 3. The molecule has 4 heteroatoms. The second kappa shape index (κ2) is 62.1. The molecule has 2 atom stereocenters. The molecule has 0 rings (SSSR count). The molecule has 0 aromatic carbocycles. The number of amides is 1. The van der Waals surface area contributed by atoms with Crippen molar-refractivity contribution in [2.45, 2.75) is 341 Å². The van der Waals surface area contributed by atoms with Gasteiger partial charge < -0.3 is 15.5 Å². The summed E-state index contributed by atoms with van der Waals surface area (Å²) in [5, 5.41) is 23.2. The van der Waals surface area contributed by atoms with Crippen molar-refractivity contribution in [2.24, 2.45) is 0 Å². The summed E-state index contributed by atoms with van der Waals surface area (Å²) in [5.41, 5.74) is 0. The maximum atomic E-state index is 12.5. The number of nitrogens with one attached hydrogen (secondary N) is 1. The average Bonchev–Trinajstić information content (AvgIpc) is 3.37. The lowest BCUT2D eigenvalue weighted by atomic mass is 10.0. The first-order valence-electron chi connectivity index (χ1n) is 31.7. The van der Waals surface area contributed by atoms with E-state index in [4.69, 9.17) is 0 Å². The highest BCUT2D eigenvalue weighted by molar-refractivity contribution is 5.76. The summed E-state index contributed by atoms with van der Waals surface area (Å²) in [4.78, 5) is 12.5. The molecule has 0 aliphatic heterocycles. The number of hydrogen-bond acceptors (Lipinski definition) is 3. The predicted molar refractivity (Wildman–Crippen MR) is 317 cm³/mol. The van der Waals surface area contributed by atoms with E-state index in [9.17, 15) is 15.0 Å². The normalized spacial score (nSPS) is 13.2. The summed E-state index contributed by atoms with van der Waals surface area (Å²) < 4.78 is 0. The quantitative estimate of drug-likeness (QED) is 0.0420. The van der Waals surface area contributed by atoms with Crippen LogP contribution in [0.5, 0.6) is 0 Å². The van der Waals surface area contributed by atoms with Crippen LogP contribution in [0.25, 0.3) is 0 Å². The zero-order chi connectivity index (χ0) is 51.3. The first-order chi connectivity index (χ1) is 35.2. The molecule has 0 heterocycles. The average molecular weight is 991 g/mol. The number of aliphatic hydroxyl groups is 2. The Balaban J connectivity index is 3.49. The van der Waals surface area contributed by atoms with Crippen LogP contribution in [0.3, 0.4) is 0 Å². The summed E-state index contributed by atoms with van der Waals surface area (Å²) in [6.45, 7) is 4.30. The highest BCUT2D eigenvalue weighted by Crippen LogP contribution is 2.17. The molecule has 3 N–H and O–H groups in total. The van der Waals surface area contributed by atoms with Gasteiger partial charge in [-0.3, -0.25) is 4.79 Å². The van der Waals surface area contributed by atoms with Gasteiger partial charge in [0, 0.05) is 6.42 Å². The monoisotopic (exact) mass is 990 g/mol. The van der Waals surface area contributed by atoms with E-state index in [0.717, 1.165) is 51.4 Å². The lowest BCUT2D eigenvalue weighted by Gasteiger charge is -2.19. The van der Waals surface area contributed by atoms with Gasteiger partial charge in [-0.05, 0) is 83.5 Å². The minimum absolute atomic E-state index is 0.0740. The summed E-state index contributed by atoms with van der Waals surface area (Å²) in [6, 6.07) is -0.648. The van der Waals surface area contributed by atoms with Gasteiger partial charge in [0.15, 0.2) is 0 Å². The van der Waals surface area contributed by atoms with Crippen LogP contribution in [-0.2, 0) is 4.79 Å². The molecule has 2 unspecified atom stereocenters. The van der Waals surface area contributed by atoms with Gasteiger partial charge in [-0.15, -0.1) is 0 Å². The van der Waals surface area contributed by atoms with Gasteiger partial charge in [0.25, 0.3) is 0 Å². The molecule has 0 aromatic rings. The molecule has 0 aromatic heterocycles. The molecule has 1 amide bonds. The zero-order valence-corrected chi connectivity index (χ0v) is 47.7. The Bertz CT molecular complexity index is 1210. The molecule has 0 aliphatic rings. The highest BCUT2D eigenvalue weighted by Gasteiger charge is 2.18. The third-order valence-corrected chi connectivity index (χ3v) is 14.4. The van der Waals surface area contributed by atoms with Crippen molar-refractivity contribution < 1.29 is 15.0 Å². The van der Waals surface area contributed by atoms with Crippen molar-refractivity contribution in [1.29, 1.82) is 0 Å². The smallest absolute Gasteiger partial charge is 0.220 e. The SMILES string of the molecule is CCCCCCC/C=C\C/C=C\C/C=C\CCCCCCCCCCCCCCCCCCCCCCCCC(=O)NC(CO)C(O)/C=C/CC/C=C/CC/C=C/CCCCCCCCCCCCCC. The molecule has 0 saturated carbocycles. The summed E-state index contributed by atoms with van der Waals surface area (Å²) in [7, 11) is 0. The molecule has 0 aliphatic carbocycles. The van der Waals surface area contributed by atoms with Gasteiger partial charge in [0.1, 0.15) is 0 Å². The Morgan fingerprint density at radius 3 is 0.915 bits per heavy atom. The van der Waals surface area contributed by atoms with E-state index in [2.05, 4.69) is 79.9 Å². The summed E-state index contributed by atoms with van der Waals surface area (Å²) >= 11 is 0. The van der Waals surface area contributed by atoms with Gasteiger partial charge in [0.2, 0.25) is 5.91 Å². The first kappa shape index (κ1) is 68.8. The van der Waals surface area contributed by atoms with Crippen LogP contribution >= 0.6 is 0 Å². The number of carbonyl (C=O) groups is 1. The van der Waals surface area contributed by atoms with E-state index in [-0.39, 0.29) is 12.5 Å². The van der Waals surface area contributed by atoms with Crippen molar-refractivity contribution in [3.05, 3.63) is 72.9 Å². The van der Waals surface area contributed by atoms with E-state index in [1.807, 2.05) is 6.08 Å². The van der Waals surface area contributed by atoms with Gasteiger partial charge in [-0.25, -0.2) is 0 Å². The second-order valence-corrected chi connectivity index (χ2v) is 21.5. The largest absolute Gasteiger partial charge is 0.394 e. The van der Waals surface area contributed by atoms with E-state index < -0.39 is 12.1 Å². The molecule has 0 fully saturated rings. The van der Waals surface area contributed by atoms with Crippen LogP contribution in [0.4, 0.5) is 0 Å². The number of rotatable bonds is 58. The minimum Gasteiger partial charge on any atom is -0.394 e. The fourth-order valence-corrected chi connectivity index (χ4v) is 9.57. The number of allylic oxidation sites excluding steroid dienone is 11. The van der Waals surface area contributed by atoms with Crippen LogP contribution in [-0.4, -0.2) is 34.9 Å². The fraction of sp³-hybridized carbons (Fsp3) is 0.806. The minimum atomic E-state index is -0.872. The Hall–Kier alpha value is -2.17. The van der Waals surface area contributed by atoms with Gasteiger partial charge >= 0.3 is 0 Å². The molecule has 0 saturated heterocycles. The summed E-state index contributed by atoms with van der Waals surface area (Å²) in [5.74, 6) is -0.0740. The van der Waals surface area contributed by atoms with Gasteiger partial charge in [0.05, 0.1) is 18.8 Å². The van der Waals surface area contributed by atoms with E-state index in [1.54, 1.807) is 6.08 Å². The standard InChI is InChI=1S/C67H123NO3/c1-3-5-7-9-11-13-15-17-19-21-23-25-27-28-29-30-31-32-33-34-35-36-37-38-39-40-41-43-45-47-49-51-53-55-57-59-61-63-67(71)68-65(64-69)66(70)62-60-58-56-54-52-50-48-46-44-42-26-24-22-20-18-16-14-12-10-8-6-4-2/h15,17,21,23,27-28,44,46,52,54,60,62,65-66,69-70H,3-14,16,18-20,22,24-26,29-43,45,47-51,53,55-59,61,63-64H2,1-2H3,(H,68,71)/b17-15-,23-21-,28-27-,46-44+,54-52+,62-60+. The zero-order valence-electron chi connectivity index (χ0n) is 47.7. The lowest BCUT2D eigenvalue weighted by molar-refractivity contribution is -0.123. The van der Waals surface area contributed by atoms with E-state index in [1.165, 1.54) is 257 Å². The molecule has 71 heavy (non-hydrogen) atoms. The summed E-state index contributed by atoms with van der Waals surface area (Å²) in [6.07, 6.45) is 89.6. The van der Waals surface area contributed by atoms with Crippen LogP contribution in [0.1, 0.15) is 328 Å². The predicted octanol–water partition coefficient (Wildman–Crippen LogP) is 21.3. The Morgan fingerprint density at radius 1 is 0.338 bits per heavy atom. The molecule has 414 valence electrons. The molecule has 0 radical (unpaired) electrons. The molecular weight excluding hydrogens is 867 g/mol. The highest BCUT2D eigenvalue weighted by atomic mass is 16.3. The van der Waals surface area contributed by atoms with Crippen molar-refractivity contribution in [3.63, 3.8) is 0 Å². The van der Waals surface area contributed by atoms with Gasteiger partial charge in [-0.2, -0.15) is 0 Å². The van der Waals surface area contributed by atoms with Crippen LogP contribution in [0, 0.1) is 0 Å². The molecule has 0 spiro atoms. The van der Waals surface area contributed by atoms with Crippen molar-refractivity contribution in [1.82, 2.24) is 5.32 Å². The molecule has 4 nitrogen and oxygen atoms in total. The second-order valence-electron chi connectivity index (χ2n) is 21.5. The fourth-order valence-electron chi connectivity index (χ4n) is 9.57. The van der Waals surface area contributed by atoms with Crippen molar-refractivity contribution in [3.8, 4) is 0 Å². The Morgan fingerprint density at radius 2 is 0.592 bits per heavy atom. The number of carbonyl (C=O) groups excluding carboxylic acids is 1. The Labute approximate surface area is 444 Å². The van der Waals surface area contributed by atoms with Crippen LogP contribution < -0.4 is 5.32 Å². The third-order valence-electron chi connectivity index (χ3n) is 14.4. The molecular formula is C67H123NO3. The lowest BCUT2D eigenvalue weighted by Crippen LogP contribution is -2.45. The van der Waals surface area contributed by atoms with E-state index in [0.29, 0.717) is 6.42 Å². The molecule has 0 bridgehead atoms. The Kier molecular flexibility index (Phi) is 60.2. The first-order valence-corrected chi connectivity index (χ1v) is 31.7. The number of unbranched alkanes of at least 4 members (excludes halogenated alkanes) is 41. The van der Waals surface area contributed by atoms with E-state index >= 15 is 0 Å². The maximum Gasteiger partial charge on any atom is 0.220 e. The van der Waals surface area contributed by atoms with Gasteiger partial charge in [-0.1, -0.05) is 311 Å². The topological polar surface area (TPSA) is 69.6 Å². The van der Waals surface area contributed by atoms with Crippen LogP contribution in [0.15, 0.2) is 72.9 Å². The van der Waals surface area contributed by atoms with Crippen LogP contribution in [0.2, 0.25) is 0 Å².